The van der Waals surface area contributed by atoms with E-state index in [-0.39, 0.29) is 0 Å². The molecule has 1 rings (SSSR count). The van der Waals surface area contributed by atoms with Crippen molar-refractivity contribution in [3.63, 3.8) is 0 Å². The van der Waals surface area contributed by atoms with E-state index in [0.717, 1.165) is 11.1 Å². The zero-order chi connectivity index (χ0) is 8.97. The molecule has 12 heavy (non-hydrogen) atoms. The first-order valence-electron chi connectivity index (χ1n) is 3.58. The van der Waals surface area contributed by atoms with E-state index >= 15 is 0 Å². The predicted molar refractivity (Wildman–Crippen MR) is 48.7 cm³/mol. The van der Waals surface area contributed by atoms with Crippen molar-refractivity contribution in [1.29, 1.82) is 0 Å². The van der Waals surface area contributed by atoms with Crippen LogP contribution in [0.5, 0.6) is 0 Å². The van der Waals surface area contributed by atoms with E-state index in [4.69, 9.17) is 11.6 Å². The molecule has 64 valence electrons. The first-order valence-corrected chi connectivity index (χ1v) is 4.12. The van der Waals surface area contributed by atoms with Crippen LogP contribution in [0.1, 0.15) is 11.1 Å². The molecule has 0 radical (unpaired) electrons. The van der Waals surface area contributed by atoms with Gasteiger partial charge in [0.25, 0.3) is 0 Å². The molecule has 0 atom stereocenters. The monoisotopic (exact) mass is 185 g/mol. The minimum absolute atomic E-state index is 0.434. The average molecular weight is 186 g/mol. The Hall–Kier alpha value is -0.890. The van der Waals surface area contributed by atoms with Crippen molar-refractivity contribution in [2.75, 3.05) is 5.88 Å². The third-order valence-electron chi connectivity index (χ3n) is 1.50. The summed E-state index contributed by atoms with van der Waals surface area (Å²) in [7, 11) is 0. The van der Waals surface area contributed by atoms with E-state index in [1.807, 2.05) is 6.92 Å². The van der Waals surface area contributed by atoms with Crippen LogP contribution in [0.3, 0.4) is 0 Å². The van der Waals surface area contributed by atoms with Gasteiger partial charge in [0, 0.05) is 18.1 Å². The molecule has 0 N–H and O–H groups in total. The van der Waals surface area contributed by atoms with Gasteiger partial charge in [-0.25, -0.2) is 4.98 Å². The SMILES string of the molecule is Cc1cnc(F)cc1C=CCCl. The Kier molecular flexibility index (Phi) is 3.23. The largest absolute Gasteiger partial charge is 0.228 e. The fourth-order valence-corrected chi connectivity index (χ4v) is 0.953. The number of hydrogen-bond acceptors (Lipinski definition) is 1. The number of aryl methyl sites for hydroxylation is 1. The van der Waals surface area contributed by atoms with Crippen molar-refractivity contribution in [3.8, 4) is 0 Å². The summed E-state index contributed by atoms with van der Waals surface area (Å²) in [5, 5.41) is 0. The van der Waals surface area contributed by atoms with Crippen molar-refractivity contribution in [2.45, 2.75) is 6.92 Å². The average Bonchev–Trinajstić information content (AvgIpc) is 2.07. The van der Waals surface area contributed by atoms with Crippen LogP contribution < -0.4 is 0 Å². The molecule has 0 saturated heterocycles. The summed E-state index contributed by atoms with van der Waals surface area (Å²) in [4.78, 5) is 3.51. The van der Waals surface area contributed by atoms with Crippen LogP contribution in [0.4, 0.5) is 4.39 Å². The molecule has 0 amide bonds. The summed E-state index contributed by atoms with van der Waals surface area (Å²) in [6.07, 6.45) is 5.06. The predicted octanol–water partition coefficient (Wildman–Crippen LogP) is 2.78. The summed E-state index contributed by atoms with van der Waals surface area (Å²) in [6.45, 7) is 1.88. The first-order chi connectivity index (χ1) is 5.74. The minimum Gasteiger partial charge on any atom is -0.228 e. The number of halogens is 2. The van der Waals surface area contributed by atoms with Gasteiger partial charge >= 0.3 is 0 Å². The molecule has 1 nitrogen and oxygen atoms in total. The van der Waals surface area contributed by atoms with E-state index < -0.39 is 5.95 Å². The van der Waals surface area contributed by atoms with Crippen molar-refractivity contribution in [3.05, 3.63) is 35.4 Å². The van der Waals surface area contributed by atoms with Crippen LogP contribution in [0, 0.1) is 12.9 Å². The van der Waals surface area contributed by atoms with Gasteiger partial charge in [-0.1, -0.05) is 12.2 Å². The molecule has 3 heteroatoms. The van der Waals surface area contributed by atoms with E-state index in [1.165, 1.54) is 12.3 Å². The van der Waals surface area contributed by atoms with Gasteiger partial charge in [0.15, 0.2) is 0 Å². The number of aromatic nitrogens is 1. The molecule has 1 aromatic heterocycles. The lowest BCUT2D eigenvalue weighted by atomic mass is 10.1. The van der Waals surface area contributed by atoms with Crippen LogP contribution in [0.15, 0.2) is 18.3 Å². The molecule has 0 bridgehead atoms. The van der Waals surface area contributed by atoms with Gasteiger partial charge in [-0.15, -0.1) is 11.6 Å². The second-order valence-electron chi connectivity index (χ2n) is 2.42. The molecule has 0 aliphatic carbocycles. The third-order valence-corrected chi connectivity index (χ3v) is 1.68. The maximum Gasteiger partial charge on any atom is 0.213 e. The molecule has 0 unspecified atom stereocenters. The topological polar surface area (TPSA) is 12.9 Å². The van der Waals surface area contributed by atoms with Gasteiger partial charge in [0.1, 0.15) is 0 Å². The van der Waals surface area contributed by atoms with Crippen LogP contribution in [0.2, 0.25) is 0 Å². The second kappa shape index (κ2) is 4.21. The quantitative estimate of drug-likeness (QED) is 0.510. The lowest BCUT2D eigenvalue weighted by Gasteiger charge is -1.97. The molecule has 0 spiro atoms. The zero-order valence-electron chi connectivity index (χ0n) is 6.72. The normalized spacial score (nSPS) is 10.9. The number of nitrogens with zero attached hydrogens (tertiary/aromatic N) is 1. The number of rotatable bonds is 2. The van der Waals surface area contributed by atoms with E-state index in [1.54, 1.807) is 12.2 Å². The fourth-order valence-electron chi connectivity index (χ4n) is 0.864. The van der Waals surface area contributed by atoms with Gasteiger partial charge in [-0.05, 0) is 18.1 Å². The highest BCUT2D eigenvalue weighted by Gasteiger charge is 1.96. The first kappa shape index (κ1) is 9.20. The number of alkyl halides is 1. The highest BCUT2D eigenvalue weighted by Crippen LogP contribution is 2.09. The Balaban J connectivity index is 2.97. The molecule has 0 fully saturated rings. The lowest BCUT2D eigenvalue weighted by Crippen LogP contribution is -1.87. The maximum absolute atomic E-state index is 12.6. The molecule has 1 aromatic rings. The van der Waals surface area contributed by atoms with Crippen LogP contribution in [0.25, 0.3) is 6.08 Å². The summed E-state index contributed by atoms with van der Waals surface area (Å²) in [6, 6.07) is 1.39. The van der Waals surface area contributed by atoms with Crippen molar-refractivity contribution < 1.29 is 4.39 Å². The number of allylic oxidation sites excluding steroid dienone is 1. The van der Waals surface area contributed by atoms with Gasteiger partial charge in [0.05, 0.1) is 0 Å². The van der Waals surface area contributed by atoms with Crippen molar-refractivity contribution in [1.82, 2.24) is 4.98 Å². The highest BCUT2D eigenvalue weighted by atomic mass is 35.5. The molecule has 0 aliphatic heterocycles. The molecule has 1 heterocycles. The van der Waals surface area contributed by atoms with Gasteiger partial charge in [-0.3, -0.25) is 0 Å². The lowest BCUT2D eigenvalue weighted by molar-refractivity contribution is 0.582. The standard InChI is InChI=1S/C9H9ClFN/c1-7-6-12-9(11)5-8(7)3-2-4-10/h2-3,5-6H,4H2,1H3. The molecular weight excluding hydrogens is 177 g/mol. The van der Waals surface area contributed by atoms with Crippen LogP contribution in [-0.4, -0.2) is 10.9 Å². The van der Waals surface area contributed by atoms with Crippen molar-refractivity contribution >= 4 is 17.7 Å². The highest BCUT2D eigenvalue weighted by molar-refractivity contribution is 6.19. The van der Waals surface area contributed by atoms with Crippen LogP contribution >= 0.6 is 11.6 Å². The molecule has 0 aliphatic rings. The van der Waals surface area contributed by atoms with Gasteiger partial charge in [0.2, 0.25) is 5.95 Å². The smallest absolute Gasteiger partial charge is 0.213 e. The summed E-state index contributed by atoms with van der Waals surface area (Å²) < 4.78 is 12.6. The van der Waals surface area contributed by atoms with Crippen molar-refractivity contribution in [2.24, 2.45) is 0 Å². The summed E-state index contributed by atoms with van der Waals surface area (Å²) >= 11 is 5.45. The molecular formula is C9H9ClFN. The van der Waals surface area contributed by atoms with E-state index in [2.05, 4.69) is 4.98 Å². The summed E-state index contributed by atoms with van der Waals surface area (Å²) in [5.74, 6) is -0.0292. The van der Waals surface area contributed by atoms with E-state index in [0.29, 0.717) is 5.88 Å². The second-order valence-corrected chi connectivity index (χ2v) is 2.73. The third kappa shape index (κ3) is 2.31. The van der Waals surface area contributed by atoms with Gasteiger partial charge in [-0.2, -0.15) is 4.39 Å². The Labute approximate surface area is 75.9 Å². The van der Waals surface area contributed by atoms with Gasteiger partial charge < -0.3 is 0 Å². The Morgan fingerprint density at radius 2 is 2.42 bits per heavy atom. The number of hydrogen-bond donors (Lipinski definition) is 0. The molecule has 0 aromatic carbocycles. The maximum atomic E-state index is 12.6. The zero-order valence-corrected chi connectivity index (χ0v) is 7.48. The minimum atomic E-state index is -0.463. The molecule has 0 saturated carbocycles. The Bertz CT molecular complexity index is 297. The Morgan fingerprint density at radius 1 is 1.67 bits per heavy atom. The van der Waals surface area contributed by atoms with Crippen LogP contribution in [-0.2, 0) is 0 Å². The Morgan fingerprint density at radius 3 is 3.08 bits per heavy atom. The fraction of sp³-hybridized carbons (Fsp3) is 0.222. The summed E-state index contributed by atoms with van der Waals surface area (Å²) in [5.41, 5.74) is 1.76. The number of pyridine rings is 1. The van der Waals surface area contributed by atoms with E-state index in [9.17, 15) is 4.39 Å².